The largest absolute Gasteiger partial charge is 0.300 e. The highest BCUT2D eigenvalue weighted by Gasteiger charge is 2.16. The summed E-state index contributed by atoms with van der Waals surface area (Å²) in [6.45, 7) is 6.55. The summed E-state index contributed by atoms with van der Waals surface area (Å²) in [4.78, 5) is 9.26. The number of hydrogen-bond acceptors (Lipinski definition) is 2. The molecule has 0 amide bonds. The first-order valence-electron chi connectivity index (χ1n) is 7.85. The minimum Gasteiger partial charge on any atom is -0.300 e. The summed E-state index contributed by atoms with van der Waals surface area (Å²) in [5.41, 5.74) is 2.24. The smallest absolute Gasteiger partial charge is 0.137 e. The number of benzene rings is 1. The highest BCUT2D eigenvalue weighted by molar-refractivity contribution is 5.85. The molecule has 0 N–H and O–H groups in total. The molecular weight excluding hydrogens is 282 g/mol. The van der Waals surface area contributed by atoms with Crippen LogP contribution >= 0.6 is 0 Å². The van der Waals surface area contributed by atoms with Gasteiger partial charge in [-0.3, -0.25) is 9.55 Å². The molecule has 0 aliphatic carbocycles. The van der Waals surface area contributed by atoms with Crippen molar-refractivity contribution in [3.63, 3.8) is 0 Å². The summed E-state index contributed by atoms with van der Waals surface area (Å²) in [7, 11) is 0. The second-order valence-electron chi connectivity index (χ2n) is 6.95. The SMILES string of the molecule is CC(C)(C)c1cc2ccn(-c3cc4ccccc4cn3)c2cn1. The Morgan fingerprint density at radius 2 is 1.61 bits per heavy atom. The number of hydrogen-bond donors (Lipinski definition) is 0. The van der Waals surface area contributed by atoms with Gasteiger partial charge in [-0.1, -0.05) is 45.0 Å². The van der Waals surface area contributed by atoms with E-state index in [-0.39, 0.29) is 5.41 Å². The molecule has 3 nitrogen and oxygen atoms in total. The van der Waals surface area contributed by atoms with Gasteiger partial charge in [-0.05, 0) is 23.6 Å². The van der Waals surface area contributed by atoms with E-state index in [1.54, 1.807) is 0 Å². The normalized spacial score (nSPS) is 12.1. The van der Waals surface area contributed by atoms with Gasteiger partial charge in [0.05, 0.1) is 11.7 Å². The Morgan fingerprint density at radius 3 is 2.39 bits per heavy atom. The Balaban J connectivity index is 1.87. The fraction of sp³-hybridized carbons (Fsp3) is 0.200. The van der Waals surface area contributed by atoms with Crippen molar-refractivity contribution in [3.8, 4) is 5.82 Å². The van der Waals surface area contributed by atoms with E-state index >= 15 is 0 Å². The first-order chi connectivity index (χ1) is 11.0. The van der Waals surface area contributed by atoms with Crippen LogP contribution in [0.4, 0.5) is 0 Å². The summed E-state index contributed by atoms with van der Waals surface area (Å²) in [5.74, 6) is 0.920. The Hall–Kier alpha value is -2.68. The van der Waals surface area contributed by atoms with Gasteiger partial charge < -0.3 is 0 Å². The number of nitrogens with zero attached hydrogens (tertiary/aromatic N) is 3. The van der Waals surface area contributed by atoms with Crippen LogP contribution < -0.4 is 0 Å². The Bertz CT molecular complexity index is 1010. The summed E-state index contributed by atoms with van der Waals surface area (Å²) in [6, 6.07) is 14.7. The molecule has 3 aromatic heterocycles. The molecule has 1 aromatic carbocycles. The van der Waals surface area contributed by atoms with Gasteiger partial charge in [-0.2, -0.15) is 0 Å². The zero-order valence-electron chi connectivity index (χ0n) is 13.6. The molecule has 4 aromatic rings. The van der Waals surface area contributed by atoms with Gasteiger partial charge in [0.15, 0.2) is 0 Å². The van der Waals surface area contributed by atoms with E-state index in [0.29, 0.717) is 0 Å². The van der Waals surface area contributed by atoms with E-state index < -0.39 is 0 Å². The molecule has 0 saturated heterocycles. The molecule has 3 heteroatoms. The second-order valence-corrected chi connectivity index (χ2v) is 6.95. The lowest BCUT2D eigenvalue weighted by molar-refractivity contribution is 0.570. The first-order valence-corrected chi connectivity index (χ1v) is 7.85. The van der Waals surface area contributed by atoms with E-state index in [0.717, 1.165) is 22.4 Å². The third-order valence-corrected chi connectivity index (χ3v) is 4.21. The third kappa shape index (κ3) is 2.38. The molecule has 0 fully saturated rings. The number of pyridine rings is 2. The zero-order valence-corrected chi connectivity index (χ0v) is 13.6. The van der Waals surface area contributed by atoms with Crippen molar-refractivity contribution >= 4 is 21.7 Å². The predicted octanol–water partition coefficient (Wildman–Crippen LogP) is 4.87. The Labute approximate surface area is 135 Å². The van der Waals surface area contributed by atoms with Crippen LogP contribution in [0.3, 0.4) is 0 Å². The Morgan fingerprint density at radius 1 is 0.826 bits per heavy atom. The highest BCUT2D eigenvalue weighted by atomic mass is 15.1. The lowest BCUT2D eigenvalue weighted by Crippen LogP contribution is -2.13. The van der Waals surface area contributed by atoms with Crippen LogP contribution in [-0.4, -0.2) is 14.5 Å². The Kier molecular flexibility index (Phi) is 2.98. The molecular formula is C20H19N3. The molecule has 3 heterocycles. The van der Waals surface area contributed by atoms with Crippen molar-refractivity contribution in [2.75, 3.05) is 0 Å². The lowest BCUT2D eigenvalue weighted by Gasteiger charge is -2.17. The van der Waals surface area contributed by atoms with Crippen molar-refractivity contribution in [1.29, 1.82) is 0 Å². The van der Waals surface area contributed by atoms with Crippen molar-refractivity contribution in [2.24, 2.45) is 0 Å². The van der Waals surface area contributed by atoms with Crippen LogP contribution in [0.15, 0.2) is 61.1 Å². The molecule has 0 aliphatic heterocycles. The van der Waals surface area contributed by atoms with E-state index in [9.17, 15) is 0 Å². The summed E-state index contributed by atoms with van der Waals surface area (Å²) in [6.07, 6.45) is 5.94. The first kappa shape index (κ1) is 13.9. The lowest BCUT2D eigenvalue weighted by atomic mass is 9.91. The van der Waals surface area contributed by atoms with Crippen LogP contribution in [0.25, 0.3) is 27.5 Å². The van der Waals surface area contributed by atoms with E-state index in [2.05, 4.69) is 77.9 Å². The zero-order chi connectivity index (χ0) is 16.0. The van der Waals surface area contributed by atoms with Crippen molar-refractivity contribution in [1.82, 2.24) is 14.5 Å². The van der Waals surface area contributed by atoms with Crippen LogP contribution in [0, 0.1) is 0 Å². The number of rotatable bonds is 1. The quantitative estimate of drug-likeness (QED) is 0.502. The maximum atomic E-state index is 4.65. The molecule has 0 aliphatic rings. The van der Waals surface area contributed by atoms with Crippen LogP contribution in [0.1, 0.15) is 26.5 Å². The average molecular weight is 301 g/mol. The van der Waals surface area contributed by atoms with Gasteiger partial charge in [0.1, 0.15) is 5.82 Å². The maximum absolute atomic E-state index is 4.65. The molecule has 4 rings (SSSR count). The second kappa shape index (κ2) is 4.92. The molecule has 0 saturated carbocycles. The van der Waals surface area contributed by atoms with Gasteiger partial charge in [-0.25, -0.2) is 4.98 Å². The van der Waals surface area contributed by atoms with E-state index in [1.165, 1.54) is 10.8 Å². The summed E-state index contributed by atoms with van der Waals surface area (Å²) < 4.78 is 2.10. The van der Waals surface area contributed by atoms with E-state index in [4.69, 9.17) is 0 Å². The minimum atomic E-state index is 0.0531. The number of fused-ring (bicyclic) bond motifs is 2. The van der Waals surface area contributed by atoms with Crippen LogP contribution in [0.5, 0.6) is 0 Å². The molecule has 0 bridgehead atoms. The molecule has 114 valence electrons. The standard InChI is InChI=1S/C20H19N3/c1-20(2,3)18-10-15-8-9-23(17(15)13-21-18)19-11-14-6-4-5-7-16(14)12-22-19/h4-13H,1-3H3. The molecule has 23 heavy (non-hydrogen) atoms. The van der Waals surface area contributed by atoms with E-state index in [1.807, 2.05) is 18.5 Å². The minimum absolute atomic E-state index is 0.0531. The third-order valence-electron chi connectivity index (χ3n) is 4.21. The van der Waals surface area contributed by atoms with Gasteiger partial charge in [0.25, 0.3) is 0 Å². The topological polar surface area (TPSA) is 30.7 Å². The monoisotopic (exact) mass is 301 g/mol. The fourth-order valence-corrected chi connectivity index (χ4v) is 2.85. The van der Waals surface area contributed by atoms with Crippen molar-refractivity contribution in [3.05, 3.63) is 66.7 Å². The van der Waals surface area contributed by atoms with Crippen LogP contribution in [-0.2, 0) is 5.41 Å². The van der Waals surface area contributed by atoms with Gasteiger partial charge in [-0.15, -0.1) is 0 Å². The summed E-state index contributed by atoms with van der Waals surface area (Å²) in [5, 5.41) is 3.54. The highest BCUT2D eigenvalue weighted by Crippen LogP contribution is 2.26. The maximum Gasteiger partial charge on any atom is 0.137 e. The van der Waals surface area contributed by atoms with Crippen molar-refractivity contribution in [2.45, 2.75) is 26.2 Å². The fourth-order valence-electron chi connectivity index (χ4n) is 2.85. The molecule has 0 unspecified atom stereocenters. The predicted molar refractivity (Wildman–Crippen MR) is 95.1 cm³/mol. The van der Waals surface area contributed by atoms with Gasteiger partial charge >= 0.3 is 0 Å². The average Bonchev–Trinajstić information content (AvgIpc) is 2.96. The molecule has 0 spiro atoms. The van der Waals surface area contributed by atoms with Crippen molar-refractivity contribution < 1.29 is 0 Å². The van der Waals surface area contributed by atoms with Gasteiger partial charge in [0.2, 0.25) is 0 Å². The summed E-state index contributed by atoms with van der Waals surface area (Å²) >= 11 is 0. The van der Waals surface area contributed by atoms with Gasteiger partial charge in [0, 0.05) is 34.3 Å². The van der Waals surface area contributed by atoms with Crippen LogP contribution in [0.2, 0.25) is 0 Å². The number of aromatic nitrogens is 3. The molecule has 0 atom stereocenters. The molecule has 0 radical (unpaired) electrons.